The van der Waals surface area contributed by atoms with Crippen LogP contribution in [0.15, 0.2) is 36.4 Å². The molecule has 0 aliphatic rings. The van der Waals surface area contributed by atoms with Crippen molar-refractivity contribution in [2.24, 2.45) is 0 Å². The zero-order chi connectivity index (χ0) is 14.5. The van der Waals surface area contributed by atoms with Crippen LogP contribution in [0.3, 0.4) is 0 Å². The van der Waals surface area contributed by atoms with E-state index in [1.54, 1.807) is 12.1 Å². The van der Waals surface area contributed by atoms with Gasteiger partial charge in [-0.2, -0.15) is 5.26 Å². The molecular formula is C15H10FNO3. The fraction of sp³-hybridized carbons (Fsp3) is 0.0667. The van der Waals surface area contributed by atoms with Gasteiger partial charge in [0, 0.05) is 6.07 Å². The van der Waals surface area contributed by atoms with Gasteiger partial charge in [0.2, 0.25) is 0 Å². The Bertz CT molecular complexity index is 692. The standard InChI is InChI=1S/C15H10FNO3/c1-19-11-5-10(8-17)6-12(7-11)20-15-4-2-3-14(16)13(15)9-18/h2-7,9H,1H3. The van der Waals surface area contributed by atoms with Crippen LogP contribution >= 0.6 is 0 Å². The summed E-state index contributed by atoms with van der Waals surface area (Å²) in [5.74, 6) is 0.135. The van der Waals surface area contributed by atoms with Crippen molar-refractivity contribution in [3.05, 3.63) is 53.3 Å². The number of nitrogens with zero attached hydrogens (tertiary/aromatic N) is 1. The number of hydrogen-bond donors (Lipinski definition) is 0. The van der Waals surface area contributed by atoms with Crippen LogP contribution in [0.25, 0.3) is 0 Å². The Morgan fingerprint density at radius 2 is 2.00 bits per heavy atom. The first-order valence-corrected chi connectivity index (χ1v) is 5.68. The number of aldehydes is 1. The summed E-state index contributed by atoms with van der Waals surface area (Å²) in [4.78, 5) is 10.9. The number of hydrogen-bond acceptors (Lipinski definition) is 4. The largest absolute Gasteiger partial charge is 0.497 e. The highest BCUT2D eigenvalue weighted by molar-refractivity contribution is 5.79. The Kier molecular flexibility index (Phi) is 3.96. The topological polar surface area (TPSA) is 59.3 Å². The second-order valence-electron chi connectivity index (χ2n) is 3.88. The monoisotopic (exact) mass is 271 g/mol. The highest BCUT2D eigenvalue weighted by Crippen LogP contribution is 2.29. The molecule has 4 nitrogen and oxygen atoms in total. The number of benzene rings is 2. The lowest BCUT2D eigenvalue weighted by molar-refractivity contribution is 0.111. The van der Waals surface area contributed by atoms with Gasteiger partial charge >= 0.3 is 0 Å². The van der Waals surface area contributed by atoms with E-state index in [0.29, 0.717) is 17.6 Å². The molecule has 0 spiro atoms. The molecule has 0 N–H and O–H groups in total. The number of rotatable bonds is 4. The molecule has 0 fully saturated rings. The second-order valence-corrected chi connectivity index (χ2v) is 3.88. The number of methoxy groups -OCH3 is 1. The van der Waals surface area contributed by atoms with Crippen molar-refractivity contribution in [3.63, 3.8) is 0 Å². The zero-order valence-corrected chi connectivity index (χ0v) is 10.6. The normalized spacial score (nSPS) is 9.65. The molecule has 0 saturated carbocycles. The molecule has 0 radical (unpaired) electrons. The Morgan fingerprint density at radius 1 is 1.25 bits per heavy atom. The molecule has 2 rings (SSSR count). The SMILES string of the molecule is COc1cc(C#N)cc(Oc2cccc(F)c2C=O)c1. The summed E-state index contributed by atoms with van der Waals surface area (Å²) in [7, 11) is 1.46. The number of carbonyl (C=O) groups excluding carboxylic acids is 1. The molecule has 0 aliphatic heterocycles. The van der Waals surface area contributed by atoms with Gasteiger partial charge in [-0.15, -0.1) is 0 Å². The highest BCUT2D eigenvalue weighted by atomic mass is 19.1. The molecule has 0 saturated heterocycles. The number of halogens is 1. The van der Waals surface area contributed by atoms with Crippen molar-refractivity contribution in [3.8, 4) is 23.3 Å². The molecule has 100 valence electrons. The van der Waals surface area contributed by atoms with Crippen molar-refractivity contribution in [1.29, 1.82) is 5.26 Å². The van der Waals surface area contributed by atoms with E-state index in [0.717, 1.165) is 0 Å². The molecule has 5 heteroatoms. The minimum absolute atomic E-state index is 0.0807. The quantitative estimate of drug-likeness (QED) is 0.800. The number of carbonyl (C=O) groups is 1. The summed E-state index contributed by atoms with van der Waals surface area (Å²) in [5.41, 5.74) is 0.164. The molecule has 0 atom stereocenters. The maximum absolute atomic E-state index is 13.5. The van der Waals surface area contributed by atoms with Crippen molar-refractivity contribution in [1.82, 2.24) is 0 Å². The minimum Gasteiger partial charge on any atom is -0.497 e. The van der Waals surface area contributed by atoms with E-state index in [2.05, 4.69) is 0 Å². The van der Waals surface area contributed by atoms with E-state index in [1.807, 2.05) is 6.07 Å². The molecule has 2 aromatic rings. The van der Waals surface area contributed by atoms with E-state index >= 15 is 0 Å². The second kappa shape index (κ2) is 5.85. The molecule has 0 aliphatic carbocycles. The lowest BCUT2D eigenvalue weighted by Gasteiger charge is -2.10. The van der Waals surface area contributed by atoms with Crippen LogP contribution in [0.5, 0.6) is 17.2 Å². The molecule has 2 aromatic carbocycles. The molecule has 0 amide bonds. The van der Waals surface area contributed by atoms with E-state index < -0.39 is 5.82 Å². The third-order valence-corrected chi connectivity index (χ3v) is 2.60. The van der Waals surface area contributed by atoms with Gasteiger partial charge in [0.25, 0.3) is 0 Å². The predicted octanol–water partition coefficient (Wildman–Crippen LogP) is 3.31. The summed E-state index contributed by atoms with van der Waals surface area (Å²) < 4.78 is 24.0. The summed E-state index contributed by atoms with van der Waals surface area (Å²) in [6.07, 6.45) is 0.385. The minimum atomic E-state index is -0.666. The first-order valence-electron chi connectivity index (χ1n) is 5.68. The van der Waals surface area contributed by atoms with Gasteiger partial charge in [0.05, 0.1) is 24.3 Å². The molecule has 20 heavy (non-hydrogen) atoms. The van der Waals surface area contributed by atoms with Crippen LogP contribution in [0, 0.1) is 17.1 Å². The Hall–Kier alpha value is -2.87. The average Bonchev–Trinajstić information content (AvgIpc) is 2.47. The maximum atomic E-state index is 13.5. The van der Waals surface area contributed by atoms with E-state index in [9.17, 15) is 9.18 Å². The van der Waals surface area contributed by atoms with Crippen LogP contribution in [0.2, 0.25) is 0 Å². The molecule has 0 unspecified atom stereocenters. The number of ether oxygens (including phenoxy) is 2. The Labute approximate surface area is 115 Å². The highest BCUT2D eigenvalue weighted by Gasteiger charge is 2.10. The maximum Gasteiger partial charge on any atom is 0.156 e. The van der Waals surface area contributed by atoms with Gasteiger partial charge in [-0.3, -0.25) is 4.79 Å². The van der Waals surface area contributed by atoms with Crippen LogP contribution in [0.4, 0.5) is 4.39 Å². The lowest BCUT2D eigenvalue weighted by Crippen LogP contribution is -1.95. The van der Waals surface area contributed by atoms with Gasteiger partial charge in [0.1, 0.15) is 23.1 Å². The fourth-order valence-electron chi connectivity index (χ4n) is 1.66. The van der Waals surface area contributed by atoms with E-state index in [4.69, 9.17) is 14.7 Å². The number of nitriles is 1. The average molecular weight is 271 g/mol. The molecule has 0 aromatic heterocycles. The van der Waals surface area contributed by atoms with Gasteiger partial charge in [0.15, 0.2) is 6.29 Å². The van der Waals surface area contributed by atoms with E-state index in [1.165, 1.54) is 31.4 Å². The smallest absolute Gasteiger partial charge is 0.156 e. The molecule has 0 heterocycles. The first kappa shape index (κ1) is 13.6. The van der Waals surface area contributed by atoms with Crippen molar-refractivity contribution >= 4 is 6.29 Å². The van der Waals surface area contributed by atoms with Gasteiger partial charge in [-0.05, 0) is 24.3 Å². The lowest BCUT2D eigenvalue weighted by atomic mass is 10.2. The fourth-order valence-corrected chi connectivity index (χ4v) is 1.66. The summed E-state index contributed by atoms with van der Waals surface area (Å²) in [5, 5.41) is 8.92. The summed E-state index contributed by atoms with van der Waals surface area (Å²) >= 11 is 0. The first-order chi connectivity index (χ1) is 9.67. The van der Waals surface area contributed by atoms with Crippen molar-refractivity contribution < 1.29 is 18.7 Å². The molecule has 0 bridgehead atoms. The van der Waals surface area contributed by atoms with E-state index in [-0.39, 0.29) is 17.1 Å². The van der Waals surface area contributed by atoms with Crippen LogP contribution in [-0.2, 0) is 0 Å². The van der Waals surface area contributed by atoms with Crippen molar-refractivity contribution in [2.75, 3.05) is 7.11 Å². The third-order valence-electron chi connectivity index (χ3n) is 2.60. The predicted molar refractivity (Wildman–Crippen MR) is 69.6 cm³/mol. The van der Waals surface area contributed by atoms with Crippen LogP contribution in [0.1, 0.15) is 15.9 Å². The van der Waals surface area contributed by atoms with Crippen molar-refractivity contribution in [2.45, 2.75) is 0 Å². The Balaban J connectivity index is 2.42. The van der Waals surface area contributed by atoms with Gasteiger partial charge < -0.3 is 9.47 Å². The Morgan fingerprint density at radius 3 is 2.65 bits per heavy atom. The summed E-state index contributed by atoms with van der Waals surface area (Å²) in [6, 6.07) is 10.6. The summed E-state index contributed by atoms with van der Waals surface area (Å²) in [6.45, 7) is 0. The zero-order valence-electron chi connectivity index (χ0n) is 10.6. The van der Waals surface area contributed by atoms with Crippen LogP contribution in [-0.4, -0.2) is 13.4 Å². The van der Waals surface area contributed by atoms with Gasteiger partial charge in [-0.25, -0.2) is 4.39 Å². The van der Waals surface area contributed by atoms with Crippen LogP contribution < -0.4 is 9.47 Å². The third kappa shape index (κ3) is 2.75. The molecular weight excluding hydrogens is 261 g/mol. The van der Waals surface area contributed by atoms with Gasteiger partial charge in [-0.1, -0.05) is 6.07 Å².